The van der Waals surface area contributed by atoms with Crippen LogP contribution in [0.3, 0.4) is 0 Å². The van der Waals surface area contributed by atoms with Gasteiger partial charge in [0, 0.05) is 24.4 Å². The first-order chi connectivity index (χ1) is 14.3. The lowest BCUT2D eigenvalue weighted by Crippen LogP contribution is -2.26. The number of unbranched alkanes of at least 4 members (excludes halogenated alkanes) is 14. The van der Waals surface area contributed by atoms with E-state index in [2.05, 4.69) is 30.9 Å². The fourth-order valence-electron chi connectivity index (χ4n) is 4.25. The van der Waals surface area contributed by atoms with Crippen molar-refractivity contribution in [2.24, 2.45) is 0 Å². The minimum atomic E-state index is 0.924. The van der Waals surface area contributed by atoms with Crippen molar-refractivity contribution in [1.29, 1.82) is 5.26 Å². The number of rotatable bonds is 19. The Morgan fingerprint density at radius 3 is 1.48 bits per heavy atom. The van der Waals surface area contributed by atoms with E-state index < -0.39 is 0 Å². The lowest BCUT2D eigenvalue weighted by Gasteiger charge is -2.29. The normalized spacial score (nSPS) is 13.7. The van der Waals surface area contributed by atoms with Gasteiger partial charge < -0.3 is 4.90 Å². The van der Waals surface area contributed by atoms with Crippen molar-refractivity contribution in [2.45, 2.75) is 129 Å². The van der Waals surface area contributed by atoms with Gasteiger partial charge in [-0.1, -0.05) is 104 Å². The maximum Gasteiger partial charge on any atom is 0.0947 e. The zero-order valence-electron chi connectivity index (χ0n) is 19.7. The molecule has 0 radical (unpaired) electrons. The van der Waals surface area contributed by atoms with Gasteiger partial charge in [0.1, 0.15) is 0 Å². The minimum Gasteiger partial charge on any atom is -0.375 e. The van der Waals surface area contributed by atoms with Crippen molar-refractivity contribution >= 4 is 0 Å². The summed E-state index contributed by atoms with van der Waals surface area (Å²) in [5.41, 5.74) is 2.41. The van der Waals surface area contributed by atoms with Crippen molar-refractivity contribution in [1.82, 2.24) is 4.90 Å². The predicted octanol–water partition coefficient (Wildman–Crippen LogP) is 8.70. The Labute approximate surface area is 182 Å². The van der Waals surface area contributed by atoms with Gasteiger partial charge in [-0.25, -0.2) is 0 Å². The molecule has 0 atom stereocenters. The Balaban J connectivity index is 2.28. The highest BCUT2D eigenvalue weighted by Gasteiger charge is 2.13. The van der Waals surface area contributed by atoms with Gasteiger partial charge in [0.2, 0.25) is 0 Å². The molecule has 0 N–H and O–H groups in total. The Bertz CT molecular complexity index is 463. The molecule has 166 valence electrons. The molecular formula is C27H48N2. The maximum absolute atomic E-state index is 9.11. The molecule has 0 saturated heterocycles. The highest BCUT2D eigenvalue weighted by Crippen LogP contribution is 2.22. The summed E-state index contributed by atoms with van der Waals surface area (Å²) in [6, 6.07) is 2.32. The molecule has 0 fully saturated rings. The molecule has 2 nitrogen and oxygen atoms in total. The van der Waals surface area contributed by atoms with Gasteiger partial charge in [0.25, 0.3) is 0 Å². The highest BCUT2D eigenvalue weighted by molar-refractivity contribution is 5.31. The topological polar surface area (TPSA) is 27.0 Å². The van der Waals surface area contributed by atoms with E-state index in [1.165, 1.54) is 122 Å². The van der Waals surface area contributed by atoms with E-state index in [0.717, 1.165) is 18.4 Å². The standard InChI is InChI=1S/C27H48N2/c1-3-5-7-9-11-13-15-17-23-29(27-21-19-26(25-28)20-22-27)24-18-16-14-12-10-8-6-4-2/h19,21H,3-18,20,22-24H2,1-2H3. The van der Waals surface area contributed by atoms with Crippen LogP contribution in [0.25, 0.3) is 0 Å². The third-order valence-electron chi connectivity index (χ3n) is 6.24. The van der Waals surface area contributed by atoms with Gasteiger partial charge in [0.15, 0.2) is 0 Å². The zero-order chi connectivity index (χ0) is 21.0. The van der Waals surface area contributed by atoms with Crippen molar-refractivity contribution in [2.75, 3.05) is 13.1 Å². The van der Waals surface area contributed by atoms with Crippen LogP contribution in [0.15, 0.2) is 23.4 Å². The summed E-state index contributed by atoms with van der Waals surface area (Å²) < 4.78 is 0. The SMILES string of the molecule is CCCCCCCCCCN(CCCCCCCCCC)C1=CC=C(C#N)CC1. The third-order valence-corrected chi connectivity index (χ3v) is 6.24. The van der Waals surface area contributed by atoms with Crippen LogP contribution in [0.1, 0.15) is 129 Å². The Morgan fingerprint density at radius 2 is 1.10 bits per heavy atom. The van der Waals surface area contributed by atoms with E-state index >= 15 is 0 Å². The summed E-state index contributed by atoms with van der Waals surface area (Å²) >= 11 is 0. The van der Waals surface area contributed by atoms with Gasteiger partial charge in [-0.05, 0) is 37.8 Å². The van der Waals surface area contributed by atoms with E-state index in [9.17, 15) is 0 Å². The van der Waals surface area contributed by atoms with E-state index in [1.54, 1.807) is 0 Å². The van der Waals surface area contributed by atoms with Gasteiger partial charge in [-0.15, -0.1) is 0 Å². The van der Waals surface area contributed by atoms with Gasteiger partial charge >= 0.3 is 0 Å². The number of nitrogens with zero attached hydrogens (tertiary/aromatic N) is 2. The predicted molar refractivity (Wildman–Crippen MR) is 128 cm³/mol. The summed E-state index contributed by atoms with van der Waals surface area (Å²) in [5, 5.41) is 9.11. The zero-order valence-corrected chi connectivity index (χ0v) is 19.7. The number of nitriles is 1. The molecule has 1 aliphatic carbocycles. The summed E-state index contributed by atoms with van der Waals surface area (Å²) in [7, 11) is 0. The first-order valence-corrected chi connectivity index (χ1v) is 12.9. The quantitative estimate of drug-likeness (QED) is 0.203. The molecule has 0 aromatic carbocycles. The molecule has 0 spiro atoms. The molecule has 0 saturated carbocycles. The van der Waals surface area contributed by atoms with E-state index in [-0.39, 0.29) is 0 Å². The fraction of sp³-hybridized carbons (Fsp3) is 0.815. The molecule has 29 heavy (non-hydrogen) atoms. The van der Waals surface area contributed by atoms with Crippen LogP contribution in [0.2, 0.25) is 0 Å². The largest absolute Gasteiger partial charge is 0.375 e. The number of allylic oxidation sites excluding steroid dienone is 4. The first kappa shape index (κ1) is 25.8. The van der Waals surface area contributed by atoms with Gasteiger partial charge in [0.05, 0.1) is 6.07 Å². The second-order valence-electron chi connectivity index (χ2n) is 8.90. The van der Waals surface area contributed by atoms with Crippen molar-refractivity contribution in [3.63, 3.8) is 0 Å². The first-order valence-electron chi connectivity index (χ1n) is 12.9. The Hall–Kier alpha value is -1.23. The molecule has 0 bridgehead atoms. The smallest absolute Gasteiger partial charge is 0.0947 e. The van der Waals surface area contributed by atoms with Crippen LogP contribution < -0.4 is 0 Å². The molecule has 0 unspecified atom stereocenters. The highest BCUT2D eigenvalue weighted by atomic mass is 15.1. The Kier molecular flexibility index (Phi) is 16.7. The number of hydrogen-bond donors (Lipinski definition) is 0. The number of hydrogen-bond acceptors (Lipinski definition) is 2. The summed E-state index contributed by atoms with van der Waals surface area (Å²) in [6.45, 7) is 6.98. The molecule has 0 aliphatic heterocycles. The fourth-order valence-corrected chi connectivity index (χ4v) is 4.25. The third kappa shape index (κ3) is 13.6. The van der Waals surface area contributed by atoms with Crippen LogP contribution in [0.4, 0.5) is 0 Å². The second kappa shape index (κ2) is 18.8. The summed E-state index contributed by atoms with van der Waals surface area (Å²) in [4.78, 5) is 2.64. The summed E-state index contributed by atoms with van der Waals surface area (Å²) in [5.74, 6) is 0. The van der Waals surface area contributed by atoms with Crippen LogP contribution in [-0.4, -0.2) is 18.0 Å². The van der Waals surface area contributed by atoms with Crippen LogP contribution in [-0.2, 0) is 0 Å². The van der Waals surface area contributed by atoms with Gasteiger partial charge in [-0.2, -0.15) is 5.26 Å². The van der Waals surface area contributed by atoms with Crippen LogP contribution >= 0.6 is 0 Å². The molecule has 2 heteroatoms. The minimum absolute atomic E-state index is 0.924. The summed E-state index contributed by atoms with van der Waals surface area (Å²) in [6.07, 6.45) is 28.4. The average molecular weight is 401 g/mol. The molecule has 1 rings (SSSR count). The second-order valence-corrected chi connectivity index (χ2v) is 8.90. The van der Waals surface area contributed by atoms with Crippen LogP contribution in [0, 0.1) is 11.3 Å². The molecular weight excluding hydrogens is 352 g/mol. The van der Waals surface area contributed by atoms with E-state index in [4.69, 9.17) is 5.26 Å². The van der Waals surface area contributed by atoms with Crippen molar-refractivity contribution in [3.8, 4) is 6.07 Å². The monoisotopic (exact) mass is 400 g/mol. The van der Waals surface area contributed by atoms with Crippen molar-refractivity contribution in [3.05, 3.63) is 23.4 Å². The van der Waals surface area contributed by atoms with Crippen LogP contribution in [0.5, 0.6) is 0 Å². The molecule has 0 aromatic rings. The van der Waals surface area contributed by atoms with Crippen molar-refractivity contribution < 1.29 is 0 Å². The molecule has 0 amide bonds. The Morgan fingerprint density at radius 1 is 0.655 bits per heavy atom. The van der Waals surface area contributed by atoms with Gasteiger partial charge in [-0.3, -0.25) is 0 Å². The van der Waals surface area contributed by atoms with E-state index in [0.29, 0.717) is 0 Å². The maximum atomic E-state index is 9.11. The van der Waals surface area contributed by atoms with E-state index in [1.807, 2.05) is 6.08 Å². The molecule has 0 heterocycles. The molecule has 1 aliphatic rings. The average Bonchev–Trinajstić information content (AvgIpc) is 2.76. The lowest BCUT2D eigenvalue weighted by atomic mass is 10.0. The lowest BCUT2D eigenvalue weighted by molar-refractivity contribution is 0.311. The molecule has 0 aromatic heterocycles.